The number of piperidine rings is 1. The molecule has 0 aliphatic carbocycles. The van der Waals surface area contributed by atoms with E-state index in [1.807, 2.05) is 9.80 Å². The van der Waals surface area contributed by atoms with Crippen LogP contribution in [0.15, 0.2) is 23.0 Å². The number of urea groups is 1. The molecule has 1 N–H and O–H groups in total. The largest absolute Gasteiger partial charge is 0.472 e. The second-order valence-corrected chi connectivity index (χ2v) is 5.98. The van der Waals surface area contributed by atoms with Gasteiger partial charge in [-0.3, -0.25) is 4.79 Å². The molecular formula is C16H23N3O4. The zero-order valence-electron chi connectivity index (χ0n) is 13.2. The Morgan fingerprint density at radius 1 is 1.09 bits per heavy atom. The van der Waals surface area contributed by atoms with Crippen molar-refractivity contribution in [1.29, 1.82) is 0 Å². The van der Waals surface area contributed by atoms with Gasteiger partial charge in [0.2, 0.25) is 0 Å². The van der Waals surface area contributed by atoms with Crippen molar-refractivity contribution >= 4 is 11.9 Å². The molecule has 0 unspecified atom stereocenters. The molecule has 0 atom stereocenters. The van der Waals surface area contributed by atoms with Gasteiger partial charge in [-0.05, 0) is 25.3 Å². The van der Waals surface area contributed by atoms with Gasteiger partial charge in [0.25, 0.3) is 5.91 Å². The predicted octanol–water partition coefficient (Wildman–Crippen LogP) is 1.32. The van der Waals surface area contributed by atoms with Crippen LogP contribution in [0.2, 0.25) is 0 Å². The van der Waals surface area contributed by atoms with Gasteiger partial charge >= 0.3 is 6.03 Å². The van der Waals surface area contributed by atoms with Gasteiger partial charge in [0.1, 0.15) is 6.26 Å². The summed E-state index contributed by atoms with van der Waals surface area (Å²) in [6.45, 7) is 4.01. The van der Waals surface area contributed by atoms with Crippen molar-refractivity contribution in [1.82, 2.24) is 15.1 Å². The highest BCUT2D eigenvalue weighted by Crippen LogP contribution is 2.15. The number of furan rings is 1. The van der Waals surface area contributed by atoms with Gasteiger partial charge in [-0.2, -0.15) is 0 Å². The second-order valence-electron chi connectivity index (χ2n) is 5.98. The molecule has 126 valence electrons. The van der Waals surface area contributed by atoms with Gasteiger partial charge in [-0.15, -0.1) is 0 Å². The minimum absolute atomic E-state index is 0.00630. The Balaban J connectivity index is 1.45. The molecule has 0 aromatic carbocycles. The molecule has 0 saturated carbocycles. The van der Waals surface area contributed by atoms with Crippen molar-refractivity contribution in [2.24, 2.45) is 0 Å². The van der Waals surface area contributed by atoms with E-state index in [0.717, 1.165) is 32.4 Å². The summed E-state index contributed by atoms with van der Waals surface area (Å²) in [4.78, 5) is 28.1. The molecule has 0 radical (unpaired) electrons. The first kappa shape index (κ1) is 15.9. The summed E-state index contributed by atoms with van der Waals surface area (Å²) in [5.41, 5.74) is 0.581. The number of rotatable bonds is 2. The molecule has 1 aromatic heterocycles. The zero-order chi connectivity index (χ0) is 16.1. The fourth-order valence-electron chi connectivity index (χ4n) is 3.01. The predicted molar refractivity (Wildman–Crippen MR) is 83.2 cm³/mol. The molecule has 2 aliphatic heterocycles. The van der Waals surface area contributed by atoms with Crippen molar-refractivity contribution in [2.45, 2.75) is 25.3 Å². The molecule has 7 heteroatoms. The first-order valence-electron chi connectivity index (χ1n) is 8.18. The fraction of sp³-hybridized carbons (Fsp3) is 0.625. The van der Waals surface area contributed by atoms with E-state index in [1.54, 1.807) is 6.07 Å². The van der Waals surface area contributed by atoms with Gasteiger partial charge < -0.3 is 24.3 Å². The lowest BCUT2D eigenvalue weighted by molar-refractivity contribution is 0.0705. The molecule has 2 aliphatic rings. The number of likely N-dealkylation sites (tertiary alicyclic amines) is 1. The summed E-state index contributed by atoms with van der Waals surface area (Å²) in [6.07, 6.45) is 5.41. The number of ether oxygens (including phenoxy) is 1. The quantitative estimate of drug-likeness (QED) is 0.891. The van der Waals surface area contributed by atoms with Crippen molar-refractivity contribution in [2.75, 3.05) is 39.4 Å². The van der Waals surface area contributed by atoms with Crippen LogP contribution >= 0.6 is 0 Å². The smallest absolute Gasteiger partial charge is 0.317 e. The van der Waals surface area contributed by atoms with Crippen LogP contribution in [0.5, 0.6) is 0 Å². The molecule has 2 fully saturated rings. The number of hydrogen-bond acceptors (Lipinski definition) is 4. The van der Waals surface area contributed by atoms with Gasteiger partial charge in [0.15, 0.2) is 0 Å². The molecule has 3 heterocycles. The van der Waals surface area contributed by atoms with E-state index in [-0.39, 0.29) is 18.0 Å². The Morgan fingerprint density at radius 2 is 1.91 bits per heavy atom. The van der Waals surface area contributed by atoms with Crippen LogP contribution < -0.4 is 5.32 Å². The van der Waals surface area contributed by atoms with E-state index in [4.69, 9.17) is 9.15 Å². The lowest BCUT2D eigenvalue weighted by Crippen LogP contribution is -2.50. The zero-order valence-corrected chi connectivity index (χ0v) is 13.2. The van der Waals surface area contributed by atoms with E-state index in [9.17, 15) is 9.59 Å². The van der Waals surface area contributed by atoms with Crippen LogP contribution in [-0.2, 0) is 4.74 Å². The van der Waals surface area contributed by atoms with Crippen LogP contribution in [0.3, 0.4) is 0 Å². The highest BCUT2D eigenvalue weighted by molar-refractivity contribution is 5.93. The van der Waals surface area contributed by atoms with E-state index in [1.165, 1.54) is 12.5 Å². The van der Waals surface area contributed by atoms with Gasteiger partial charge in [0, 0.05) is 38.8 Å². The molecule has 3 rings (SSSR count). The van der Waals surface area contributed by atoms with Gasteiger partial charge in [-0.25, -0.2) is 4.79 Å². The van der Waals surface area contributed by atoms with E-state index in [0.29, 0.717) is 31.8 Å². The Hall–Kier alpha value is -2.02. The Labute approximate surface area is 135 Å². The first-order valence-corrected chi connectivity index (χ1v) is 8.18. The molecule has 3 amide bonds. The number of nitrogens with zero attached hydrogens (tertiary/aromatic N) is 2. The van der Waals surface area contributed by atoms with Crippen LogP contribution in [0.1, 0.15) is 29.6 Å². The Morgan fingerprint density at radius 3 is 2.65 bits per heavy atom. The van der Waals surface area contributed by atoms with E-state index < -0.39 is 0 Å². The van der Waals surface area contributed by atoms with Crippen molar-refractivity contribution in [3.63, 3.8) is 0 Å². The topological polar surface area (TPSA) is 75.0 Å². The molecule has 1 aromatic rings. The third kappa shape index (κ3) is 4.04. The molecule has 7 nitrogen and oxygen atoms in total. The molecule has 2 saturated heterocycles. The van der Waals surface area contributed by atoms with Crippen molar-refractivity contribution in [3.05, 3.63) is 24.2 Å². The lowest BCUT2D eigenvalue weighted by atomic mass is 10.0. The maximum atomic E-state index is 12.3. The summed E-state index contributed by atoms with van der Waals surface area (Å²) >= 11 is 0. The number of carbonyl (C=O) groups excluding carboxylic acids is 2. The van der Waals surface area contributed by atoms with E-state index >= 15 is 0 Å². The molecule has 23 heavy (non-hydrogen) atoms. The average molecular weight is 321 g/mol. The normalized spacial score (nSPS) is 20.2. The highest BCUT2D eigenvalue weighted by atomic mass is 16.5. The van der Waals surface area contributed by atoms with Crippen LogP contribution in [0.4, 0.5) is 4.79 Å². The minimum atomic E-state index is -0.0184. The minimum Gasteiger partial charge on any atom is -0.472 e. The summed E-state index contributed by atoms with van der Waals surface area (Å²) in [7, 11) is 0. The molecule has 0 spiro atoms. The SMILES string of the molecule is O=C(NC1CCN(C(=O)c2ccoc2)CC1)N1CCCOCC1. The summed E-state index contributed by atoms with van der Waals surface area (Å²) < 4.78 is 10.3. The van der Waals surface area contributed by atoms with Crippen LogP contribution in [0.25, 0.3) is 0 Å². The van der Waals surface area contributed by atoms with Gasteiger partial charge in [-0.1, -0.05) is 0 Å². The summed E-state index contributed by atoms with van der Waals surface area (Å²) in [5.74, 6) is -0.00630. The fourth-order valence-corrected chi connectivity index (χ4v) is 3.01. The number of amides is 3. The summed E-state index contributed by atoms with van der Waals surface area (Å²) in [6, 6.07) is 1.78. The lowest BCUT2D eigenvalue weighted by Gasteiger charge is -2.33. The van der Waals surface area contributed by atoms with Crippen molar-refractivity contribution in [3.8, 4) is 0 Å². The third-order valence-corrected chi connectivity index (χ3v) is 4.39. The van der Waals surface area contributed by atoms with Crippen LogP contribution in [0, 0.1) is 0 Å². The van der Waals surface area contributed by atoms with Crippen molar-refractivity contribution < 1.29 is 18.7 Å². The van der Waals surface area contributed by atoms with Gasteiger partial charge in [0.05, 0.1) is 18.4 Å². The highest BCUT2D eigenvalue weighted by Gasteiger charge is 2.26. The second kappa shape index (κ2) is 7.50. The third-order valence-electron chi connectivity index (χ3n) is 4.39. The maximum Gasteiger partial charge on any atom is 0.317 e. The average Bonchev–Trinajstić information content (AvgIpc) is 2.97. The summed E-state index contributed by atoms with van der Waals surface area (Å²) in [5, 5.41) is 3.09. The number of nitrogens with one attached hydrogen (secondary N) is 1. The maximum absolute atomic E-state index is 12.3. The number of hydrogen-bond donors (Lipinski definition) is 1. The van der Waals surface area contributed by atoms with Crippen LogP contribution in [-0.4, -0.2) is 67.2 Å². The number of carbonyl (C=O) groups is 2. The monoisotopic (exact) mass is 321 g/mol. The Kier molecular flexibility index (Phi) is 5.17. The molecular weight excluding hydrogens is 298 g/mol. The standard InChI is InChI=1S/C16H23N3O4/c20-15(13-4-10-23-12-13)18-6-2-14(3-7-18)17-16(21)19-5-1-9-22-11-8-19/h4,10,12,14H,1-3,5-9,11H2,(H,17,21). The Bertz CT molecular complexity index is 515. The molecule has 0 bridgehead atoms. The first-order chi connectivity index (χ1) is 11.2. The van der Waals surface area contributed by atoms with E-state index in [2.05, 4.69) is 5.32 Å².